The largest absolute Gasteiger partial charge is 0.463 e. The highest BCUT2D eigenvalue weighted by molar-refractivity contribution is 8.00. The van der Waals surface area contributed by atoms with Crippen LogP contribution in [0.3, 0.4) is 0 Å². The van der Waals surface area contributed by atoms with Gasteiger partial charge in [-0.05, 0) is 25.3 Å². The zero-order valence-electron chi connectivity index (χ0n) is 14.7. The minimum atomic E-state index is -0.525. The Balaban J connectivity index is 1.56. The van der Waals surface area contributed by atoms with E-state index in [1.165, 1.54) is 11.6 Å². The van der Waals surface area contributed by atoms with Crippen LogP contribution in [0, 0.1) is 6.92 Å². The van der Waals surface area contributed by atoms with Gasteiger partial charge in [-0.2, -0.15) is 10.1 Å². The quantitative estimate of drug-likeness (QED) is 0.739. The highest BCUT2D eigenvalue weighted by Crippen LogP contribution is 2.38. The summed E-state index contributed by atoms with van der Waals surface area (Å²) in [4.78, 5) is 30.8. The second-order valence-electron chi connectivity index (χ2n) is 6.24. The highest BCUT2D eigenvalue weighted by Gasteiger charge is 2.28. The van der Waals surface area contributed by atoms with E-state index >= 15 is 0 Å². The fourth-order valence-corrected chi connectivity index (χ4v) is 4.50. The summed E-state index contributed by atoms with van der Waals surface area (Å²) in [7, 11) is 1.93. The number of hydrogen-bond acceptors (Lipinski definition) is 7. The van der Waals surface area contributed by atoms with Crippen LogP contribution in [0.1, 0.15) is 23.7 Å². The first-order valence-electron chi connectivity index (χ1n) is 8.35. The van der Waals surface area contributed by atoms with Gasteiger partial charge in [0.05, 0.1) is 10.7 Å². The van der Waals surface area contributed by atoms with Crippen molar-refractivity contribution >= 4 is 22.9 Å². The van der Waals surface area contributed by atoms with Crippen molar-refractivity contribution in [3.8, 4) is 6.01 Å². The molecule has 0 fully saturated rings. The molecule has 1 atom stereocenters. The Bertz CT molecular complexity index is 1090. The van der Waals surface area contributed by atoms with Crippen LogP contribution >= 0.6 is 11.8 Å². The molecule has 0 aromatic carbocycles. The SMILES string of the molecule is CCc1cc(=O)oc2nc(OCC3Cc4c(C)nn(C)c4S3)[nH]c(=O)c12. The topological polar surface area (TPSA) is 103 Å². The Labute approximate surface area is 152 Å². The van der Waals surface area contributed by atoms with Crippen molar-refractivity contribution in [2.24, 2.45) is 7.05 Å². The molecule has 26 heavy (non-hydrogen) atoms. The van der Waals surface area contributed by atoms with Gasteiger partial charge in [0.15, 0.2) is 0 Å². The Kier molecular flexibility index (Phi) is 4.10. The second-order valence-corrected chi connectivity index (χ2v) is 7.53. The average Bonchev–Trinajstić information content (AvgIpc) is 3.13. The molecule has 0 aliphatic carbocycles. The monoisotopic (exact) mass is 374 g/mol. The number of nitrogens with one attached hydrogen (secondary N) is 1. The molecule has 3 aromatic heterocycles. The number of aromatic amines is 1. The maximum absolute atomic E-state index is 12.4. The minimum Gasteiger partial charge on any atom is -0.463 e. The van der Waals surface area contributed by atoms with Crippen LogP contribution in [0.4, 0.5) is 0 Å². The van der Waals surface area contributed by atoms with E-state index in [0.29, 0.717) is 24.0 Å². The van der Waals surface area contributed by atoms with E-state index in [2.05, 4.69) is 15.1 Å². The zero-order valence-corrected chi connectivity index (χ0v) is 15.5. The van der Waals surface area contributed by atoms with Gasteiger partial charge >= 0.3 is 5.63 Å². The van der Waals surface area contributed by atoms with Crippen LogP contribution in [0.2, 0.25) is 0 Å². The van der Waals surface area contributed by atoms with Crippen molar-refractivity contribution in [2.45, 2.75) is 37.0 Å². The fourth-order valence-electron chi connectivity index (χ4n) is 3.23. The summed E-state index contributed by atoms with van der Waals surface area (Å²) >= 11 is 1.70. The normalized spacial score (nSPS) is 16.2. The number of nitrogens with zero attached hydrogens (tertiary/aromatic N) is 3. The Hall–Kier alpha value is -2.55. The van der Waals surface area contributed by atoms with Crippen LogP contribution in [0.5, 0.6) is 6.01 Å². The summed E-state index contributed by atoms with van der Waals surface area (Å²) in [5, 5.41) is 6.06. The molecule has 0 amide bonds. The van der Waals surface area contributed by atoms with E-state index in [0.717, 1.165) is 17.1 Å². The maximum atomic E-state index is 12.4. The maximum Gasteiger partial charge on any atom is 0.337 e. The third kappa shape index (κ3) is 2.82. The van der Waals surface area contributed by atoms with Gasteiger partial charge < -0.3 is 9.15 Å². The van der Waals surface area contributed by atoms with Gasteiger partial charge in [-0.3, -0.25) is 14.5 Å². The van der Waals surface area contributed by atoms with Crippen LogP contribution in [-0.4, -0.2) is 31.6 Å². The Morgan fingerprint density at radius 3 is 3.00 bits per heavy atom. The second kappa shape index (κ2) is 6.31. The number of aryl methyl sites for hydroxylation is 3. The van der Waals surface area contributed by atoms with Gasteiger partial charge in [0.1, 0.15) is 12.0 Å². The van der Waals surface area contributed by atoms with Gasteiger partial charge in [0.25, 0.3) is 11.6 Å². The molecule has 1 aliphatic heterocycles. The zero-order chi connectivity index (χ0) is 18.4. The molecule has 1 N–H and O–H groups in total. The van der Waals surface area contributed by atoms with Crippen molar-refractivity contribution in [1.29, 1.82) is 0 Å². The first kappa shape index (κ1) is 16.9. The predicted molar refractivity (Wildman–Crippen MR) is 97.1 cm³/mol. The number of ether oxygens (including phenoxy) is 1. The van der Waals surface area contributed by atoms with Crippen LogP contribution in [0.25, 0.3) is 11.1 Å². The lowest BCUT2D eigenvalue weighted by molar-refractivity contribution is 0.291. The summed E-state index contributed by atoms with van der Waals surface area (Å²) in [5.74, 6) is 0. The van der Waals surface area contributed by atoms with E-state index in [1.807, 2.05) is 25.6 Å². The predicted octanol–water partition coefficient (Wildman–Crippen LogP) is 1.58. The van der Waals surface area contributed by atoms with Crippen LogP contribution < -0.4 is 15.9 Å². The van der Waals surface area contributed by atoms with Crippen molar-refractivity contribution in [3.63, 3.8) is 0 Å². The van der Waals surface area contributed by atoms with Crippen LogP contribution in [0.15, 0.2) is 25.1 Å². The summed E-state index contributed by atoms with van der Waals surface area (Å²) in [6.45, 7) is 4.24. The highest BCUT2D eigenvalue weighted by atomic mass is 32.2. The van der Waals surface area contributed by atoms with E-state index in [-0.39, 0.29) is 22.5 Å². The summed E-state index contributed by atoms with van der Waals surface area (Å²) in [5.41, 5.74) is 2.00. The van der Waals surface area contributed by atoms with E-state index in [9.17, 15) is 9.59 Å². The van der Waals surface area contributed by atoms with Gasteiger partial charge in [-0.25, -0.2) is 4.79 Å². The Morgan fingerprint density at radius 2 is 2.27 bits per heavy atom. The lowest BCUT2D eigenvalue weighted by Gasteiger charge is -2.11. The molecule has 1 unspecified atom stereocenters. The first-order valence-corrected chi connectivity index (χ1v) is 9.23. The number of hydrogen-bond donors (Lipinski definition) is 1. The van der Waals surface area contributed by atoms with E-state index in [1.54, 1.807) is 11.8 Å². The first-order chi connectivity index (χ1) is 12.5. The van der Waals surface area contributed by atoms with E-state index < -0.39 is 5.63 Å². The number of rotatable bonds is 4. The van der Waals surface area contributed by atoms with Gasteiger partial charge in [0.2, 0.25) is 5.71 Å². The molecule has 8 nitrogen and oxygen atoms in total. The molecule has 4 rings (SSSR count). The molecular formula is C17H18N4O4S. The number of thioether (sulfide) groups is 1. The molecule has 0 radical (unpaired) electrons. The van der Waals surface area contributed by atoms with Crippen molar-refractivity contribution in [3.05, 3.63) is 43.7 Å². The summed E-state index contributed by atoms with van der Waals surface area (Å²) in [6.07, 6.45) is 1.39. The number of H-pyrrole nitrogens is 1. The summed E-state index contributed by atoms with van der Waals surface area (Å²) < 4.78 is 12.7. The third-order valence-electron chi connectivity index (χ3n) is 4.46. The molecule has 0 saturated heterocycles. The Morgan fingerprint density at radius 1 is 1.46 bits per heavy atom. The van der Waals surface area contributed by atoms with Gasteiger partial charge in [-0.1, -0.05) is 18.7 Å². The number of fused-ring (bicyclic) bond motifs is 2. The number of aromatic nitrogens is 4. The summed E-state index contributed by atoms with van der Waals surface area (Å²) in [6, 6.07) is 1.38. The third-order valence-corrected chi connectivity index (χ3v) is 5.83. The van der Waals surface area contributed by atoms with Crippen LogP contribution in [-0.2, 0) is 19.9 Å². The molecule has 3 aromatic rings. The molecule has 1 aliphatic rings. The molecular weight excluding hydrogens is 356 g/mol. The lowest BCUT2D eigenvalue weighted by Crippen LogP contribution is -2.19. The molecule has 9 heteroatoms. The molecule has 0 bridgehead atoms. The van der Waals surface area contributed by atoms with Gasteiger partial charge in [-0.15, -0.1) is 0 Å². The minimum absolute atomic E-state index is 0.00973. The van der Waals surface area contributed by atoms with Crippen molar-refractivity contribution < 1.29 is 9.15 Å². The van der Waals surface area contributed by atoms with Crippen molar-refractivity contribution in [1.82, 2.24) is 19.7 Å². The molecule has 0 spiro atoms. The standard InChI is InChI=1S/C17H18N4O4S/c1-4-9-5-12(22)25-15-13(9)14(23)18-17(19-15)24-7-10-6-11-8(2)20-21(3)16(11)26-10/h5,10H,4,6-7H2,1-3H3,(H,18,19,23). The van der Waals surface area contributed by atoms with Gasteiger partial charge in [0, 0.05) is 23.9 Å². The molecule has 4 heterocycles. The average molecular weight is 374 g/mol. The van der Waals surface area contributed by atoms with E-state index in [4.69, 9.17) is 9.15 Å². The molecule has 136 valence electrons. The van der Waals surface area contributed by atoms with Crippen molar-refractivity contribution in [2.75, 3.05) is 6.61 Å². The molecule has 0 saturated carbocycles. The fraction of sp³-hybridized carbons (Fsp3) is 0.412. The smallest absolute Gasteiger partial charge is 0.337 e. The lowest BCUT2D eigenvalue weighted by atomic mass is 10.1.